The molecule has 0 spiro atoms. The quantitative estimate of drug-likeness (QED) is 0.844. The maximum absolute atomic E-state index is 5.94. The minimum absolute atomic E-state index is 0.292. The standard InChI is InChI=1S/C15H23NO/c1-9(2)16-14-8-12(5)17-15-7-11(4)10(3)6-13(14)15/h6-7,9,12,14,16H,8H2,1-5H3. The molecule has 2 atom stereocenters. The second kappa shape index (κ2) is 4.69. The van der Waals surface area contributed by atoms with Crippen molar-refractivity contribution in [1.29, 1.82) is 0 Å². The highest BCUT2D eigenvalue weighted by atomic mass is 16.5. The van der Waals surface area contributed by atoms with E-state index in [1.165, 1.54) is 16.7 Å². The van der Waals surface area contributed by atoms with Crippen molar-refractivity contribution in [2.75, 3.05) is 0 Å². The van der Waals surface area contributed by atoms with Gasteiger partial charge in [0.1, 0.15) is 5.75 Å². The monoisotopic (exact) mass is 233 g/mol. The lowest BCUT2D eigenvalue weighted by atomic mass is 9.93. The van der Waals surface area contributed by atoms with Crippen molar-refractivity contribution in [2.45, 2.75) is 59.2 Å². The Morgan fingerprint density at radius 1 is 1.24 bits per heavy atom. The minimum atomic E-state index is 0.292. The summed E-state index contributed by atoms with van der Waals surface area (Å²) in [5.74, 6) is 1.06. The third-order valence-corrected chi connectivity index (χ3v) is 3.43. The lowest BCUT2D eigenvalue weighted by molar-refractivity contribution is 0.163. The van der Waals surface area contributed by atoms with Gasteiger partial charge in [0.05, 0.1) is 6.10 Å². The van der Waals surface area contributed by atoms with Crippen LogP contribution in [0.25, 0.3) is 0 Å². The van der Waals surface area contributed by atoms with E-state index < -0.39 is 0 Å². The van der Waals surface area contributed by atoms with Gasteiger partial charge in [0, 0.05) is 24.1 Å². The van der Waals surface area contributed by atoms with E-state index in [0.717, 1.165) is 12.2 Å². The average molecular weight is 233 g/mol. The summed E-state index contributed by atoms with van der Waals surface area (Å²) in [6.45, 7) is 10.8. The Balaban J connectivity index is 2.37. The van der Waals surface area contributed by atoms with E-state index in [9.17, 15) is 0 Å². The van der Waals surface area contributed by atoms with Crippen LogP contribution in [0.5, 0.6) is 5.75 Å². The van der Waals surface area contributed by atoms with Gasteiger partial charge in [-0.15, -0.1) is 0 Å². The third kappa shape index (κ3) is 2.63. The maximum Gasteiger partial charge on any atom is 0.124 e. The molecule has 1 aliphatic heterocycles. The van der Waals surface area contributed by atoms with Crippen LogP contribution < -0.4 is 10.1 Å². The molecule has 1 N–H and O–H groups in total. The first-order valence-electron chi connectivity index (χ1n) is 6.51. The van der Waals surface area contributed by atoms with Crippen LogP contribution in [0.1, 0.15) is 49.9 Å². The Kier molecular flexibility index (Phi) is 3.43. The van der Waals surface area contributed by atoms with Crippen molar-refractivity contribution in [3.63, 3.8) is 0 Å². The largest absolute Gasteiger partial charge is 0.490 e. The number of aryl methyl sites for hydroxylation is 2. The van der Waals surface area contributed by atoms with Gasteiger partial charge in [-0.1, -0.05) is 19.9 Å². The van der Waals surface area contributed by atoms with Gasteiger partial charge in [-0.2, -0.15) is 0 Å². The molecule has 0 aromatic heterocycles. The smallest absolute Gasteiger partial charge is 0.124 e. The Morgan fingerprint density at radius 2 is 1.88 bits per heavy atom. The molecule has 1 aromatic rings. The number of hydrogen-bond acceptors (Lipinski definition) is 2. The van der Waals surface area contributed by atoms with E-state index in [0.29, 0.717) is 18.2 Å². The molecule has 1 heterocycles. The highest BCUT2D eigenvalue weighted by Crippen LogP contribution is 2.36. The fourth-order valence-electron chi connectivity index (χ4n) is 2.47. The molecule has 17 heavy (non-hydrogen) atoms. The molecular formula is C15H23NO. The zero-order valence-corrected chi connectivity index (χ0v) is 11.5. The Hall–Kier alpha value is -1.02. The van der Waals surface area contributed by atoms with Crippen molar-refractivity contribution in [2.24, 2.45) is 0 Å². The van der Waals surface area contributed by atoms with Crippen LogP contribution in [0.2, 0.25) is 0 Å². The van der Waals surface area contributed by atoms with Gasteiger partial charge in [0.25, 0.3) is 0 Å². The molecule has 0 radical (unpaired) electrons. The zero-order valence-electron chi connectivity index (χ0n) is 11.5. The van der Waals surface area contributed by atoms with Crippen LogP contribution in [0, 0.1) is 13.8 Å². The number of benzene rings is 1. The van der Waals surface area contributed by atoms with Crippen molar-refractivity contribution in [3.8, 4) is 5.75 Å². The summed E-state index contributed by atoms with van der Waals surface area (Å²) in [5.41, 5.74) is 3.97. The van der Waals surface area contributed by atoms with E-state index in [-0.39, 0.29) is 0 Å². The van der Waals surface area contributed by atoms with Crippen LogP contribution in [-0.4, -0.2) is 12.1 Å². The normalized spacial score (nSPS) is 23.4. The second-order valence-electron chi connectivity index (χ2n) is 5.51. The predicted molar refractivity (Wildman–Crippen MR) is 71.6 cm³/mol. The molecule has 2 unspecified atom stereocenters. The topological polar surface area (TPSA) is 21.3 Å². The van der Waals surface area contributed by atoms with E-state index in [2.05, 4.69) is 52.1 Å². The van der Waals surface area contributed by atoms with Gasteiger partial charge in [-0.05, 0) is 38.0 Å². The first kappa shape index (κ1) is 12.4. The SMILES string of the molecule is Cc1cc2c(cc1C)C(NC(C)C)CC(C)O2. The molecule has 0 aliphatic carbocycles. The molecule has 94 valence electrons. The number of hydrogen-bond donors (Lipinski definition) is 1. The summed E-state index contributed by atoms with van der Waals surface area (Å²) in [6, 6.07) is 5.37. The van der Waals surface area contributed by atoms with Gasteiger partial charge in [0.15, 0.2) is 0 Å². The molecule has 0 saturated heterocycles. The summed E-state index contributed by atoms with van der Waals surface area (Å²) >= 11 is 0. The Labute approximate surface area is 104 Å². The third-order valence-electron chi connectivity index (χ3n) is 3.43. The molecule has 0 amide bonds. The van der Waals surface area contributed by atoms with E-state index in [1.807, 2.05) is 0 Å². The summed E-state index contributed by atoms with van der Waals surface area (Å²) in [6.07, 6.45) is 1.34. The zero-order chi connectivity index (χ0) is 12.6. The van der Waals surface area contributed by atoms with Crippen LogP contribution in [0.3, 0.4) is 0 Å². The summed E-state index contributed by atoms with van der Waals surface area (Å²) in [4.78, 5) is 0. The van der Waals surface area contributed by atoms with Crippen molar-refractivity contribution in [1.82, 2.24) is 5.32 Å². The highest BCUT2D eigenvalue weighted by Gasteiger charge is 2.26. The van der Waals surface area contributed by atoms with Crippen molar-refractivity contribution in [3.05, 3.63) is 28.8 Å². The second-order valence-corrected chi connectivity index (χ2v) is 5.51. The van der Waals surface area contributed by atoms with Gasteiger partial charge in [-0.3, -0.25) is 0 Å². The van der Waals surface area contributed by atoms with Gasteiger partial charge < -0.3 is 10.1 Å². The summed E-state index contributed by atoms with van der Waals surface area (Å²) in [5, 5.41) is 3.63. The molecule has 1 aliphatic rings. The van der Waals surface area contributed by atoms with Crippen LogP contribution >= 0.6 is 0 Å². The molecule has 1 aromatic carbocycles. The van der Waals surface area contributed by atoms with Crippen LogP contribution in [0.4, 0.5) is 0 Å². The van der Waals surface area contributed by atoms with Gasteiger partial charge in [0.2, 0.25) is 0 Å². The number of nitrogens with one attached hydrogen (secondary N) is 1. The first-order chi connectivity index (χ1) is 7.97. The number of ether oxygens (including phenoxy) is 1. The summed E-state index contributed by atoms with van der Waals surface area (Å²) in [7, 11) is 0. The molecule has 2 heteroatoms. The fraction of sp³-hybridized carbons (Fsp3) is 0.600. The Bertz CT molecular complexity index is 412. The molecule has 2 rings (SSSR count). The first-order valence-corrected chi connectivity index (χ1v) is 6.51. The van der Waals surface area contributed by atoms with E-state index >= 15 is 0 Å². The van der Waals surface area contributed by atoms with Crippen molar-refractivity contribution < 1.29 is 4.74 Å². The Morgan fingerprint density at radius 3 is 2.53 bits per heavy atom. The summed E-state index contributed by atoms with van der Waals surface area (Å²) < 4.78 is 5.94. The highest BCUT2D eigenvalue weighted by molar-refractivity contribution is 5.44. The van der Waals surface area contributed by atoms with Crippen LogP contribution in [0.15, 0.2) is 12.1 Å². The van der Waals surface area contributed by atoms with Crippen molar-refractivity contribution >= 4 is 0 Å². The number of fused-ring (bicyclic) bond motifs is 1. The predicted octanol–water partition coefficient (Wildman–Crippen LogP) is 3.51. The van der Waals surface area contributed by atoms with Gasteiger partial charge >= 0.3 is 0 Å². The molecule has 0 saturated carbocycles. The lowest BCUT2D eigenvalue weighted by Gasteiger charge is -2.33. The number of rotatable bonds is 2. The van der Waals surface area contributed by atoms with Gasteiger partial charge in [-0.25, -0.2) is 0 Å². The molecule has 0 fully saturated rings. The minimum Gasteiger partial charge on any atom is -0.490 e. The fourth-order valence-corrected chi connectivity index (χ4v) is 2.47. The molecular weight excluding hydrogens is 210 g/mol. The molecule has 0 bridgehead atoms. The lowest BCUT2D eigenvalue weighted by Crippen LogP contribution is -2.35. The van der Waals surface area contributed by atoms with Crippen LogP contribution in [-0.2, 0) is 0 Å². The van der Waals surface area contributed by atoms with E-state index in [4.69, 9.17) is 4.74 Å². The average Bonchev–Trinajstić information content (AvgIpc) is 2.20. The maximum atomic E-state index is 5.94. The van der Waals surface area contributed by atoms with E-state index in [1.54, 1.807) is 0 Å². The molecule has 2 nitrogen and oxygen atoms in total.